The lowest BCUT2D eigenvalue weighted by molar-refractivity contribution is -0.222. The van der Waals surface area contributed by atoms with Gasteiger partial charge >= 0.3 is 17.6 Å². The molecule has 0 spiro atoms. The molecule has 1 saturated heterocycles. The first-order valence-electron chi connectivity index (χ1n) is 6.07. The van der Waals surface area contributed by atoms with Crippen LogP contribution in [0.25, 0.3) is 6.08 Å². The number of ether oxygens (including phenoxy) is 2. The van der Waals surface area contributed by atoms with Crippen molar-refractivity contribution in [2.24, 2.45) is 14.1 Å². The Hall–Kier alpha value is -2.64. The average molecular weight is 294 g/mol. The maximum Gasteiger partial charge on any atom is 0.348 e. The van der Waals surface area contributed by atoms with Crippen molar-refractivity contribution in [3.05, 3.63) is 38.2 Å². The van der Waals surface area contributed by atoms with E-state index in [1.54, 1.807) is 0 Å². The van der Waals surface area contributed by atoms with Gasteiger partial charge in [-0.1, -0.05) is 0 Å². The number of hydrogen-bond acceptors (Lipinski definition) is 6. The van der Waals surface area contributed by atoms with Crippen LogP contribution >= 0.6 is 0 Å². The summed E-state index contributed by atoms with van der Waals surface area (Å²) in [5.74, 6) is -3.11. The molecule has 1 aliphatic rings. The molecule has 1 aromatic heterocycles. The average Bonchev–Trinajstić information content (AvgIpc) is 2.36. The lowest BCUT2D eigenvalue weighted by Gasteiger charge is -2.29. The molecule has 21 heavy (non-hydrogen) atoms. The molecule has 0 radical (unpaired) electrons. The van der Waals surface area contributed by atoms with Crippen LogP contribution < -0.4 is 11.2 Å². The summed E-state index contributed by atoms with van der Waals surface area (Å²) in [7, 11) is 2.75. The Balaban J connectivity index is 2.55. The van der Waals surface area contributed by atoms with Gasteiger partial charge in [0.25, 0.3) is 11.3 Å². The molecule has 2 heterocycles. The Morgan fingerprint density at radius 3 is 2.10 bits per heavy atom. The first-order chi connectivity index (χ1) is 9.62. The molecule has 8 nitrogen and oxygen atoms in total. The minimum atomic E-state index is -1.35. The molecule has 112 valence electrons. The number of aromatic nitrogens is 2. The fraction of sp³-hybridized carbons (Fsp3) is 0.385. The van der Waals surface area contributed by atoms with E-state index in [1.807, 2.05) is 0 Å². The van der Waals surface area contributed by atoms with E-state index < -0.39 is 34.5 Å². The molecule has 0 aromatic carbocycles. The van der Waals surface area contributed by atoms with E-state index in [4.69, 9.17) is 9.47 Å². The van der Waals surface area contributed by atoms with E-state index in [1.165, 1.54) is 34.1 Å². The summed E-state index contributed by atoms with van der Waals surface area (Å²) in [4.78, 5) is 47.1. The molecule has 0 aliphatic carbocycles. The van der Waals surface area contributed by atoms with Crippen LogP contribution in [0.4, 0.5) is 0 Å². The summed E-state index contributed by atoms with van der Waals surface area (Å²) in [6.07, 6.45) is 2.29. The van der Waals surface area contributed by atoms with Crippen molar-refractivity contribution < 1.29 is 19.1 Å². The van der Waals surface area contributed by atoms with Gasteiger partial charge in [-0.2, -0.15) is 0 Å². The van der Waals surface area contributed by atoms with Crippen molar-refractivity contribution in [3.8, 4) is 0 Å². The standard InChI is InChI=1S/C13H14N2O6/c1-13(2)20-10(17)8(11(18)21-13)5-7-6-14(3)12(19)15(4)9(7)16/h5-6H,1-4H3. The van der Waals surface area contributed by atoms with Crippen LogP contribution in [0.5, 0.6) is 0 Å². The highest BCUT2D eigenvalue weighted by Crippen LogP contribution is 2.23. The van der Waals surface area contributed by atoms with Crippen LogP contribution in [0.2, 0.25) is 0 Å². The summed E-state index contributed by atoms with van der Waals surface area (Å²) in [5.41, 5.74) is -1.54. The Bertz CT molecular complexity index is 759. The summed E-state index contributed by atoms with van der Waals surface area (Å²) in [6, 6.07) is 0. The van der Waals surface area contributed by atoms with Gasteiger partial charge in [0.1, 0.15) is 5.57 Å². The monoisotopic (exact) mass is 294 g/mol. The molecule has 0 atom stereocenters. The number of aryl methyl sites for hydroxylation is 1. The number of rotatable bonds is 1. The van der Waals surface area contributed by atoms with E-state index in [0.29, 0.717) is 0 Å². The largest absolute Gasteiger partial charge is 0.419 e. The van der Waals surface area contributed by atoms with Gasteiger partial charge < -0.3 is 14.0 Å². The highest BCUT2D eigenvalue weighted by molar-refractivity contribution is 6.18. The van der Waals surface area contributed by atoms with Crippen molar-refractivity contribution >= 4 is 18.0 Å². The Morgan fingerprint density at radius 2 is 1.57 bits per heavy atom. The zero-order valence-corrected chi connectivity index (χ0v) is 12.0. The quantitative estimate of drug-likeness (QED) is 0.386. The molecular weight excluding hydrogens is 280 g/mol. The fourth-order valence-corrected chi connectivity index (χ4v) is 1.87. The lowest BCUT2D eigenvalue weighted by atomic mass is 10.1. The third-order valence-corrected chi connectivity index (χ3v) is 2.89. The third kappa shape index (κ3) is 2.64. The SMILES string of the molecule is Cn1cc(C=C2C(=O)OC(C)(C)OC2=O)c(=O)n(C)c1=O. The van der Waals surface area contributed by atoms with Crippen molar-refractivity contribution in [1.82, 2.24) is 9.13 Å². The van der Waals surface area contributed by atoms with Crippen LogP contribution in [-0.4, -0.2) is 26.9 Å². The number of esters is 2. The Labute approximate surface area is 119 Å². The zero-order valence-electron chi connectivity index (χ0n) is 12.0. The lowest BCUT2D eigenvalue weighted by Crippen LogP contribution is -2.42. The van der Waals surface area contributed by atoms with Crippen LogP contribution in [-0.2, 0) is 33.2 Å². The number of carbonyl (C=O) groups excluding carboxylic acids is 2. The molecule has 0 bridgehead atoms. The molecule has 0 amide bonds. The second-order valence-electron chi connectivity index (χ2n) is 5.08. The van der Waals surface area contributed by atoms with Crippen molar-refractivity contribution in [2.75, 3.05) is 0 Å². The molecule has 1 aromatic rings. The van der Waals surface area contributed by atoms with Crippen LogP contribution in [0.1, 0.15) is 19.4 Å². The summed E-state index contributed by atoms with van der Waals surface area (Å²) in [5, 5.41) is 0. The van der Waals surface area contributed by atoms with Gasteiger partial charge in [0.15, 0.2) is 0 Å². The van der Waals surface area contributed by atoms with Gasteiger partial charge in [-0.05, 0) is 6.08 Å². The molecular formula is C13H14N2O6. The van der Waals surface area contributed by atoms with Crippen molar-refractivity contribution in [2.45, 2.75) is 19.6 Å². The molecule has 2 rings (SSSR count). The smallest absolute Gasteiger partial charge is 0.348 e. The maximum atomic E-state index is 12.0. The maximum absolute atomic E-state index is 12.0. The third-order valence-electron chi connectivity index (χ3n) is 2.89. The highest BCUT2D eigenvalue weighted by Gasteiger charge is 2.39. The van der Waals surface area contributed by atoms with E-state index in [2.05, 4.69) is 0 Å². The summed E-state index contributed by atoms with van der Waals surface area (Å²) in [6.45, 7) is 2.84. The van der Waals surface area contributed by atoms with Gasteiger partial charge in [-0.3, -0.25) is 9.36 Å². The Kier molecular flexibility index (Phi) is 3.32. The Morgan fingerprint density at radius 1 is 1.05 bits per heavy atom. The van der Waals surface area contributed by atoms with E-state index in [-0.39, 0.29) is 5.56 Å². The van der Waals surface area contributed by atoms with Crippen molar-refractivity contribution in [1.29, 1.82) is 0 Å². The zero-order chi connectivity index (χ0) is 15.9. The first-order valence-corrected chi connectivity index (χ1v) is 6.07. The fourth-order valence-electron chi connectivity index (χ4n) is 1.87. The van der Waals surface area contributed by atoms with Gasteiger partial charge in [-0.25, -0.2) is 14.4 Å². The number of cyclic esters (lactones) is 2. The predicted octanol–water partition coefficient (Wildman–Crippen LogP) is -0.697. The molecule has 1 aliphatic heterocycles. The molecule has 1 fully saturated rings. The van der Waals surface area contributed by atoms with Crippen LogP contribution in [0.15, 0.2) is 21.4 Å². The second kappa shape index (κ2) is 4.72. The number of carbonyl (C=O) groups is 2. The van der Waals surface area contributed by atoms with Crippen LogP contribution in [0, 0.1) is 0 Å². The minimum absolute atomic E-state index is 0.00297. The molecule has 0 unspecified atom stereocenters. The topological polar surface area (TPSA) is 96.6 Å². The highest BCUT2D eigenvalue weighted by atomic mass is 16.7. The minimum Gasteiger partial charge on any atom is -0.419 e. The number of nitrogens with zero attached hydrogens (tertiary/aromatic N) is 2. The molecule has 0 saturated carbocycles. The normalized spacial score (nSPS) is 17.2. The van der Waals surface area contributed by atoms with Gasteiger partial charge in [0.2, 0.25) is 0 Å². The van der Waals surface area contributed by atoms with Gasteiger partial charge in [0, 0.05) is 34.1 Å². The van der Waals surface area contributed by atoms with Crippen LogP contribution in [0.3, 0.4) is 0 Å². The summed E-state index contributed by atoms with van der Waals surface area (Å²) < 4.78 is 11.9. The van der Waals surface area contributed by atoms with Crippen molar-refractivity contribution in [3.63, 3.8) is 0 Å². The van der Waals surface area contributed by atoms with Gasteiger partial charge in [0.05, 0.1) is 5.56 Å². The predicted molar refractivity (Wildman–Crippen MR) is 71.2 cm³/mol. The van der Waals surface area contributed by atoms with E-state index >= 15 is 0 Å². The summed E-state index contributed by atoms with van der Waals surface area (Å²) >= 11 is 0. The number of hydrogen-bond donors (Lipinski definition) is 0. The van der Waals surface area contributed by atoms with E-state index in [9.17, 15) is 19.2 Å². The molecule has 8 heteroatoms. The second-order valence-corrected chi connectivity index (χ2v) is 5.08. The first kappa shape index (κ1) is 14.8. The van der Waals surface area contributed by atoms with E-state index in [0.717, 1.165) is 15.2 Å². The molecule has 0 N–H and O–H groups in total. The van der Waals surface area contributed by atoms with Gasteiger partial charge in [-0.15, -0.1) is 0 Å².